The van der Waals surface area contributed by atoms with Crippen LogP contribution in [0.5, 0.6) is 5.75 Å². The molecule has 0 heterocycles. The summed E-state index contributed by atoms with van der Waals surface area (Å²) in [6.07, 6.45) is -4.75. The van der Waals surface area contributed by atoms with Gasteiger partial charge in [-0.05, 0) is 12.1 Å². The quantitative estimate of drug-likeness (QED) is 0.142. The number of carbonyl (C=O) groups excluding carboxylic acids is 2. The summed E-state index contributed by atoms with van der Waals surface area (Å²) in [5, 5.41) is 10.5. The van der Waals surface area contributed by atoms with Crippen molar-refractivity contribution in [1.82, 2.24) is 0 Å². The fourth-order valence-corrected chi connectivity index (χ4v) is 1.60. The van der Waals surface area contributed by atoms with Gasteiger partial charge in [-0.1, -0.05) is 0 Å². The van der Waals surface area contributed by atoms with Crippen molar-refractivity contribution in [2.45, 2.75) is 24.2 Å². The summed E-state index contributed by atoms with van der Waals surface area (Å²) >= 11 is 0. The average molecular weight is 451 g/mol. The molecular formula is C15H9F8NO6. The summed E-state index contributed by atoms with van der Waals surface area (Å²) < 4.78 is 110. The molecule has 0 aliphatic rings. The molecule has 0 bridgehead atoms. The fraction of sp³-hybridized carbons (Fsp3) is 0.333. The number of rotatable bonds is 9. The Morgan fingerprint density at radius 1 is 1.00 bits per heavy atom. The standard InChI is InChI=1S/C15H9F8NO6/c16-12(17)14(20,21)15(22,23)13(18,19)7-29-10(25)5-6-11(26)30-9-3-1-8(2-4-9)24(27)28/h1-6,12H,7H2/b6-5+. The lowest BCUT2D eigenvalue weighted by Gasteiger charge is -2.31. The molecule has 30 heavy (non-hydrogen) atoms. The molecule has 0 atom stereocenters. The predicted molar refractivity (Wildman–Crippen MR) is 79.7 cm³/mol. The minimum Gasteiger partial charge on any atom is -0.456 e. The highest BCUT2D eigenvalue weighted by molar-refractivity contribution is 5.92. The molecule has 0 saturated carbocycles. The maximum absolute atomic E-state index is 13.2. The zero-order valence-corrected chi connectivity index (χ0v) is 14.2. The van der Waals surface area contributed by atoms with E-state index in [0.29, 0.717) is 0 Å². The van der Waals surface area contributed by atoms with E-state index in [4.69, 9.17) is 0 Å². The SMILES string of the molecule is O=C(/C=C/C(=O)Oc1ccc([N+](=O)[O-])cc1)OCC(F)(F)C(F)(F)C(F)(F)C(F)F. The lowest BCUT2D eigenvalue weighted by molar-refractivity contribution is -0.384. The lowest BCUT2D eigenvalue weighted by atomic mass is 10.1. The molecule has 0 unspecified atom stereocenters. The van der Waals surface area contributed by atoms with Gasteiger partial charge in [0.15, 0.2) is 6.61 Å². The number of benzene rings is 1. The van der Waals surface area contributed by atoms with Gasteiger partial charge in [0.2, 0.25) is 0 Å². The van der Waals surface area contributed by atoms with Gasteiger partial charge < -0.3 is 9.47 Å². The Balaban J connectivity index is 2.67. The molecule has 1 aromatic carbocycles. The van der Waals surface area contributed by atoms with Crippen molar-refractivity contribution in [1.29, 1.82) is 0 Å². The molecule has 1 rings (SSSR count). The number of nitro benzene ring substituents is 1. The van der Waals surface area contributed by atoms with Gasteiger partial charge in [0.05, 0.1) is 4.92 Å². The molecule has 15 heteroatoms. The first-order valence-electron chi connectivity index (χ1n) is 7.34. The molecule has 0 spiro atoms. The Morgan fingerprint density at radius 3 is 1.97 bits per heavy atom. The van der Waals surface area contributed by atoms with Crippen molar-refractivity contribution in [3.8, 4) is 5.75 Å². The van der Waals surface area contributed by atoms with Crippen LogP contribution in [-0.4, -0.2) is 47.7 Å². The minimum absolute atomic E-state index is 0.104. The highest BCUT2D eigenvalue weighted by atomic mass is 19.4. The second-order valence-electron chi connectivity index (χ2n) is 5.32. The van der Waals surface area contributed by atoms with E-state index in [0.717, 1.165) is 24.3 Å². The molecular weight excluding hydrogens is 442 g/mol. The van der Waals surface area contributed by atoms with Crippen LogP contribution in [0.1, 0.15) is 0 Å². The van der Waals surface area contributed by atoms with Gasteiger partial charge in [0.1, 0.15) is 5.75 Å². The summed E-state index contributed by atoms with van der Waals surface area (Å²) in [5.74, 6) is -22.3. The number of hydrogen-bond acceptors (Lipinski definition) is 6. The number of nitro groups is 1. The van der Waals surface area contributed by atoms with Crippen LogP contribution in [-0.2, 0) is 14.3 Å². The Morgan fingerprint density at radius 2 is 1.50 bits per heavy atom. The van der Waals surface area contributed by atoms with Crippen molar-refractivity contribution < 1.29 is 59.1 Å². The lowest BCUT2D eigenvalue weighted by Crippen LogP contribution is -2.59. The molecule has 1 aromatic rings. The number of non-ortho nitro benzene ring substituents is 1. The number of esters is 2. The molecule has 0 fully saturated rings. The third-order valence-corrected chi connectivity index (χ3v) is 3.17. The summed E-state index contributed by atoms with van der Waals surface area (Å²) in [7, 11) is 0. The monoisotopic (exact) mass is 451 g/mol. The van der Waals surface area contributed by atoms with E-state index in [1.165, 1.54) is 0 Å². The molecule has 0 aliphatic heterocycles. The largest absolute Gasteiger partial charge is 0.456 e. The van der Waals surface area contributed by atoms with Crippen molar-refractivity contribution >= 4 is 17.6 Å². The van der Waals surface area contributed by atoms with Gasteiger partial charge in [-0.3, -0.25) is 10.1 Å². The Labute approximate surface area is 161 Å². The summed E-state index contributed by atoms with van der Waals surface area (Å²) in [6, 6.07) is 3.90. The van der Waals surface area contributed by atoms with E-state index < -0.39 is 47.7 Å². The van der Waals surface area contributed by atoms with Crippen LogP contribution in [0.4, 0.5) is 40.8 Å². The number of halogens is 8. The number of nitrogens with zero attached hydrogens (tertiary/aromatic N) is 1. The van der Waals surface area contributed by atoms with Gasteiger partial charge in [-0.25, -0.2) is 18.4 Å². The first kappa shape index (κ1) is 24.8. The van der Waals surface area contributed by atoms with Crippen molar-refractivity contribution in [3.05, 3.63) is 46.5 Å². The first-order valence-corrected chi connectivity index (χ1v) is 7.34. The fourth-order valence-electron chi connectivity index (χ4n) is 1.60. The van der Waals surface area contributed by atoms with Crippen LogP contribution in [0.2, 0.25) is 0 Å². The molecule has 0 aliphatic carbocycles. The molecule has 0 amide bonds. The summed E-state index contributed by atoms with van der Waals surface area (Å²) in [6.45, 7) is -2.69. The molecule has 0 saturated heterocycles. The predicted octanol–water partition coefficient (Wildman–Crippen LogP) is 3.77. The van der Waals surface area contributed by atoms with E-state index >= 15 is 0 Å². The smallest absolute Gasteiger partial charge is 0.381 e. The van der Waals surface area contributed by atoms with Crippen molar-refractivity contribution in [2.24, 2.45) is 0 Å². The topological polar surface area (TPSA) is 95.7 Å². The molecule has 7 nitrogen and oxygen atoms in total. The summed E-state index contributed by atoms with van der Waals surface area (Å²) in [4.78, 5) is 32.3. The zero-order chi connectivity index (χ0) is 23.3. The minimum atomic E-state index is -6.55. The van der Waals surface area contributed by atoms with Gasteiger partial charge in [-0.15, -0.1) is 0 Å². The van der Waals surface area contributed by atoms with Gasteiger partial charge in [-0.2, -0.15) is 26.3 Å². The van der Waals surface area contributed by atoms with Gasteiger partial charge >= 0.3 is 36.1 Å². The normalized spacial score (nSPS) is 12.8. The van der Waals surface area contributed by atoms with E-state index in [1.807, 2.05) is 0 Å². The number of ether oxygens (including phenoxy) is 2. The maximum Gasteiger partial charge on any atom is 0.381 e. The maximum atomic E-state index is 13.2. The van der Waals surface area contributed by atoms with Crippen LogP contribution in [0, 0.1) is 10.1 Å². The average Bonchev–Trinajstić information content (AvgIpc) is 2.64. The Kier molecular flexibility index (Phi) is 7.47. The van der Waals surface area contributed by atoms with Gasteiger partial charge in [0.25, 0.3) is 5.69 Å². The summed E-state index contributed by atoms with van der Waals surface area (Å²) in [5.41, 5.74) is -0.343. The second kappa shape index (κ2) is 9.04. The van der Waals surface area contributed by atoms with Crippen LogP contribution < -0.4 is 4.74 Å². The van der Waals surface area contributed by atoms with Gasteiger partial charge in [0, 0.05) is 24.3 Å². The highest BCUT2D eigenvalue weighted by Crippen LogP contribution is 2.48. The third-order valence-electron chi connectivity index (χ3n) is 3.17. The second-order valence-corrected chi connectivity index (χ2v) is 5.32. The molecule has 0 N–H and O–H groups in total. The van der Waals surface area contributed by atoms with Crippen LogP contribution >= 0.6 is 0 Å². The number of alkyl halides is 8. The van der Waals surface area contributed by atoms with E-state index in [2.05, 4.69) is 9.47 Å². The Bertz CT molecular complexity index is 825. The van der Waals surface area contributed by atoms with Crippen molar-refractivity contribution in [2.75, 3.05) is 6.61 Å². The zero-order valence-electron chi connectivity index (χ0n) is 14.2. The Hall–Kier alpha value is -3.26. The first-order chi connectivity index (χ1) is 13.6. The van der Waals surface area contributed by atoms with Crippen LogP contribution in [0.15, 0.2) is 36.4 Å². The highest BCUT2D eigenvalue weighted by Gasteiger charge is 2.75. The van der Waals surface area contributed by atoms with Crippen LogP contribution in [0.25, 0.3) is 0 Å². The van der Waals surface area contributed by atoms with E-state index in [-0.39, 0.29) is 23.6 Å². The molecule has 0 radical (unpaired) electrons. The van der Waals surface area contributed by atoms with Crippen LogP contribution in [0.3, 0.4) is 0 Å². The number of hydrogen-bond donors (Lipinski definition) is 0. The molecule has 0 aromatic heterocycles. The van der Waals surface area contributed by atoms with Crippen molar-refractivity contribution in [3.63, 3.8) is 0 Å². The molecule has 166 valence electrons. The third kappa shape index (κ3) is 5.64. The van der Waals surface area contributed by atoms with E-state index in [9.17, 15) is 54.8 Å². The van der Waals surface area contributed by atoms with E-state index in [1.54, 1.807) is 0 Å². The number of carbonyl (C=O) groups is 2.